The Morgan fingerprint density at radius 3 is 2.39 bits per heavy atom. The van der Waals surface area contributed by atoms with Crippen LogP contribution in [0.25, 0.3) is 21.1 Å². The molecule has 0 radical (unpaired) electrons. The van der Waals surface area contributed by atoms with Gasteiger partial charge in [0.15, 0.2) is 5.58 Å². The summed E-state index contributed by atoms with van der Waals surface area (Å²) in [5.41, 5.74) is 0.471. The van der Waals surface area contributed by atoms with Crippen molar-refractivity contribution in [3.63, 3.8) is 0 Å². The van der Waals surface area contributed by atoms with Gasteiger partial charge < -0.3 is 13.9 Å². The molecule has 0 spiro atoms. The van der Waals surface area contributed by atoms with Gasteiger partial charge in [0.25, 0.3) is 15.9 Å². The Hall–Kier alpha value is -4.22. The van der Waals surface area contributed by atoms with Crippen molar-refractivity contribution in [2.24, 2.45) is 0 Å². The summed E-state index contributed by atoms with van der Waals surface area (Å²) >= 11 is 0.817. The van der Waals surface area contributed by atoms with Crippen molar-refractivity contribution < 1.29 is 27.1 Å². The highest BCUT2D eigenvalue weighted by atomic mass is 32.2. The zero-order valence-electron chi connectivity index (χ0n) is 19.0. The van der Waals surface area contributed by atoms with Crippen molar-refractivity contribution in [3.8, 4) is 11.5 Å². The minimum Gasteiger partial charge on any atom is -0.497 e. The first-order valence-electron chi connectivity index (χ1n) is 10.5. The topological polar surface area (TPSA) is 116 Å². The van der Waals surface area contributed by atoms with Crippen molar-refractivity contribution in [2.75, 3.05) is 18.5 Å². The van der Waals surface area contributed by atoms with Gasteiger partial charge in [-0.1, -0.05) is 35.6 Å². The van der Waals surface area contributed by atoms with E-state index >= 15 is 0 Å². The third kappa shape index (κ3) is 3.88. The number of methoxy groups -OCH3 is 2. The van der Waals surface area contributed by atoms with Crippen LogP contribution in [0.4, 0.5) is 5.69 Å². The third-order valence-electron chi connectivity index (χ3n) is 5.54. The van der Waals surface area contributed by atoms with Crippen LogP contribution in [-0.2, 0) is 10.0 Å². The molecule has 182 valence electrons. The summed E-state index contributed by atoms with van der Waals surface area (Å²) in [7, 11) is -1.84. The number of fused-ring (bicyclic) bond motifs is 3. The van der Waals surface area contributed by atoms with E-state index in [2.05, 4.69) is 4.98 Å². The van der Waals surface area contributed by atoms with Gasteiger partial charge in [-0.3, -0.25) is 9.78 Å². The van der Waals surface area contributed by atoms with E-state index < -0.39 is 20.9 Å². The Balaban J connectivity index is 1.87. The van der Waals surface area contributed by atoms with Crippen molar-refractivity contribution >= 4 is 54.0 Å². The number of amides is 1. The molecule has 9 nitrogen and oxygen atoms in total. The number of hydrogen-bond donors (Lipinski definition) is 0. The molecule has 3 aromatic carbocycles. The summed E-state index contributed by atoms with van der Waals surface area (Å²) in [6.07, 6.45) is 2.79. The van der Waals surface area contributed by atoms with Gasteiger partial charge in [0.05, 0.1) is 24.6 Å². The van der Waals surface area contributed by atoms with Gasteiger partial charge in [0.1, 0.15) is 16.4 Å². The first-order valence-corrected chi connectivity index (χ1v) is 12.8. The molecule has 0 saturated heterocycles. The molecular formula is C25H18N2O7S2. The molecule has 2 heterocycles. The smallest absolute Gasteiger partial charge is 0.396 e. The van der Waals surface area contributed by atoms with Crippen LogP contribution >= 0.6 is 11.3 Å². The largest absolute Gasteiger partial charge is 0.497 e. The molecule has 11 heteroatoms. The Morgan fingerprint density at radius 1 is 0.972 bits per heavy atom. The molecular weight excluding hydrogens is 504 g/mol. The molecule has 5 rings (SSSR count). The Morgan fingerprint density at radius 2 is 1.69 bits per heavy atom. The number of hydrogen-bond acceptors (Lipinski definition) is 9. The van der Waals surface area contributed by atoms with Crippen LogP contribution in [0.1, 0.15) is 10.4 Å². The number of carbonyl (C=O) groups is 1. The lowest BCUT2D eigenvalue weighted by atomic mass is 10.1. The molecule has 5 aromatic rings. The molecule has 0 atom stereocenters. The van der Waals surface area contributed by atoms with Crippen LogP contribution in [0, 0.1) is 0 Å². The lowest BCUT2D eigenvalue weighted by Crippen LogP contribution is -2.37. The average Bonchev–Trinajstić information content (AvgIpc) is 3.29. The minimum atomic E-state index is -4.58. The Bertz CT molecular complexity index is 1780. The third-order valence-corrected chi connectivity index (χ3v) is 8.03. The van der Waals surface area contributed by atoms with E-state index in [4.69, 9.17) is 13.9 Å². The molecule has 0 unspecified atom stereocenters. The zero-order valence-corrected chi connectivity index (χ0v) is 20.6. The Kier molecular flexibility index (Phi) is 5.94. The lowest BCUT2D eigenvalue weighted by Gasteiger charge is -2.25. The molecule has 0 fully saturated rings. The summed E-state index contributed by atoms with van der Waals surface area (Å²) in [5, 5.41) is 0.892. The molecule has 0 aliphatic carbocycles. The normalized spacial score (nSPS) is 11.5. The highest BCUT2D eigenvalue weighted by Crippen LogP contribution is 2.40. The number of pyridine rings is 1. The molecule has 1 amide bonds. The number of ether oxygens (including phenoxy) is 2. The molecule has 0 aliphatic rings. The summed E-state index contributed by atoms with van der Waals surface area (Å²) in [4.78, 5) is 29.0. The number of rotatable bonds is 6. The highest BCUT2D eigenvalue weighted by molar-refractivity contribution is 7.93. The molecule has 0 aliphatic heterocycles. The number of aromatic nitrogens is 1. The second-order valence-electron chi connectivity index (χ2n) is 7.55. The Labute approximate surface area is 209 Å². The van der Waals surface area contributed by atoms with E-state index in [0.717, 1.165) is 11.3 Å². The quantitative estimate of drug-likeness (QED) is 0.321. The number of sulfonamides is 1. The van der Waals surface area contributed by atoms with Gasteiger partial charge in [-0.05, 0) is 30.3 Å². The molecule has 0 bridgehead atoms. The standard InChI is InChI=1S/C25H18N2O7S2/c1-32-16-7-8-20(33-2)22(13-16)36(30,31)27(24(28)15-9-11-26-12-10-15)19-14-21-23(34-25(29)35-21)18-6-4-3-5-17(18)19/h3-14H,1-2H3. The number of anilines is 1. The van der Waals surface area contributed by atoms with Gasteiger partial charge in [-0.2, -0.15) is 4.31 Å². The van der Waals surface area contributed by atoms with Crippen LogP contribution in [-0.4, -0.2) is 33.5 Å². The maximum absolute atomic E-state index is 14.3. The van der Waals surface area contributed by atoms with E-state index in [-0.39, 0.29) is 27.6 Å². The summed E-state index contributed by atoms with van der Waals surface area (Å²) in [6.45, 7) is 0. The maximum Gasteiger partial charge on any atom is 0.396 e. The second-order valence-corrected chi connectivity index (χ2v) is 10.3. The van der Waals surface area contributed by atoms with Crippen LogP contribution in [0.5, 0.6) is 11.5 Å². The molecule has 36 heavy (non-hydrogen) atoms. The fourth-order valence-electron chi connectivity index (χ4n) is 3.89. The molecule has 0 saturated carbocycles. The average molecular weight is 523 g/mol. The fourth-order valence-corrected chi connectivity index (χ4v) is 6.21. The van der Waals surface area contributed by atoms with Crippen LogP contribution in [0.15, 0.2) is 87.2 Å². The van der Waals surface area contributed by atoms with E-state index in [9.17, 15) is 18.0 Å². The van der Waals surface area contributed by atoms with Crippen molar-refractivity contribution in [2.45, 2.75) is 4.90 Å². The first kappa shape index (κ1) is 23.5. The van der Waals surface area contributed by atoms with Crippen molar-refractivity contribution in [3.05, 3.63) is 88.4 Å². The van der Waals surface area contributed by atoms with Crippen LogP contribution < -0.4 is 18.7 Å². The van der Waals surface area contributed by atoms with E-state index in [1.807, 2.05) is 0 Å². The van der Waals surface area contributed by atoms with Gasteiger partial charge in [0.2, 0.25) is 0 Å². The van der Waals surface area contributed by atoms with E-state index in [0.29, 0.717) is 25.4 Å². The van der Waals surface area contributed by atoms with Gasteiger partial charge in [-0.15, -0.1) is 0 Å². The monoisotopic (exact) mass is 522 g/mol. The molecule has 0 N–H and O–H groups in total. The maximum atomic E-state index is 14.3. The fraction of sp³-hybridized carbons (Fsp3) is 0.0800. The van der Waals surface area contributed by atoms with Crippen molar-refractivity contribution in [1.82, 2.24) is 4.98 Å². The SMILES string of the molecule is COc1ccc(OC)c(S(=O)(=O)N(C(=O)c2ccncc2)c2cc3sc(=O)oc3c3ccccc23)c1. The number of benzene rings is 3. The van der Waals surface area contributed by atoms with Crippen LogP contribution in [0.3, 0.4) is 0 Å². The molecule has 2 aromatic heterocycles. The van der Waals surface area contributed by atoms with Crippen LogP contribution in [0.2, 0.25) is 0 Å². The first-order chi connectivity index (χ1) is 17.3. The van der Waals surface area contributed by atoms with E-state index in [1.165, 1.54) is 56.9 Å². The summed E-state index contributed by atoms with van der Waals surface area (Å²) in [6, 6.07) is 15.4. The lowest BCUT2D eigenvalue weighted by molar-refractivity contribution is 0.101. The van der Waals surface area contributed by atoms with Crippen molar-refractivity contribution in [1.29, 1.82) is 0 Å². The van der Waals surface area contributed by atoms with Gasteiger partial charge in [-0.25, -0.2) is 13.2 Å². The number of nitrogens with zero attached hydrogens (tertiary/aromatic N) is 2. The summed E-state index contributed by atoms with van der Waals surface area (Å²) in [5.74, 6) is -0.525. The highest BCUT2D eigenvalue weighted by Gasteiger charge is 2.36. The zero-order chi connectivity index (χ0) is 25.4. The second kappa shape index (κ2) is 9.10. The number of carbonyl (C=O) groups excluding carboxylic acids is 1. The predicted octanol–water partition coefficient (Wildman–Crippen LogP) is 4.46. The predicted molar refractivity (Wildman–Crippen MR) is 136 cm³/mol. The summed E-state index contributed by atoms with van der Waals surface area (Å²) < 4.78 is 45.5. The minimum absolute atomic E-state index is 0.0293. The van der Waals surface area contributed by atoms with Gasteiger partial charge in [0, 0.05) is 34.8 Å². The van der Waals surface area contributed by atoms with Gasteiger partial charge >= 0.3 is 4.94 Å². The van der Waals surface area contributed by atoms with E-state index in [1.54, 1.807) is 30.3 Å².